The van der Waals surface area contributed by atoms with Crippen LogP contribution in [0.1, 0.15) is 20.8 Å². The van der Waals surface area contributed by atoms with Crippen molar-refractivity contribution >= 4 is 34.5 Å². The van der Waals surface area contributed by atoms with Gasteiger partial charge in [0.05, 0.1) is 4.88 Å². The average molecular weight is 376 g/mol. The van der Waals surface area contributed by atoms with E-state index >= 15 is 0 Å². The van der Waals surface area contributed by atoms with E-state index in [1.165, 1.54) is 23.5 Å². The third-order valence-electron chi connectivity index (χ3n) is 3.53. The Morgan fingerprint density at radius 1 is 1.20 bits per heavy atom. The minimum Gasteiger partial charge on any atom is -0.489 e. The summed E-state index contributed by atoms with van der Waals surface area (Å²) in [7, 11) is 0. The smallest absolute Gasteiger partial charge is 0.265 e. The molecule has 3 rings (SSSR count). The van der Waals surface area contributed by atoms with Gasteiger partial charge in [0, 0.05) is 16.3 Å². The van der Waals surface area contributed by atoms with Crippen LogP contribution >= 0.6 is 22.9 Å². The van der Waals surface area contributed by atoms with Gasteiger partial charge in [-0.15, -0.1) is 11.3 Å². The highest BCUT2D eigenvalue weighted by molar-refractivity contribution is 7.12. The fraction of sp³-hybridized carbons (Fsp3) is 0.105. The van der Waals surface area contributed by atoms with Gasteiger partial charge in [-0.1, -0.05) is 17.7 Å². The van der Waals surface area contributed by atoms with Crippen LogP contribution in [0.3, 0.4) is 0 Å². The van der Waals surface area contributed by atoms with Crippen LogP contribution in [0.15, 0.2) is 53.9 Å². The van der Waals surface area contributed by atoms with Gasteiger partial charge in [-0.3, -0.25) is 4.79 Å². The Hall–Kier alpha value is -2.37. The summed E-state index contributed by atoms with van der Waals surface area (Å²) in [6, 6.07) is 13.0. The molecule has 25 heavy (non-hydrogen) atoms. The molecule has 0 radical (unpaired) electrons. The summed E-state index contributed by atoms with van der Waals surface area (Å²) in [5, 5.41) is 5.29. The molecule has 1 amide bonds. The molecule has 3 nitrogen and oxygen atoms in total. The van der Waals surface area contributed by atoms with E-state index in [4.69, 9.17) is 16.3 Å². The number of anilines is 1. The van der Waals surface area contributed by atoms with Crippen LogP contribution in [-0.4, -0.2) is 5.91 Å². The predicted octanol–water partition coefficient (Wildman–Crippen LogP) is 5.68. The lowest BCUT2D eigenvalue weighted by molar-refractivity contribution is 0.103. The third-order valence-corrected chi connectivity index (χ3v) is 4.91. The van der Waals surface area contributed by atoms with E-state index in [-0.39, 0.29) is 11.7 Å². The van der Waals surface area contributed by atoms with Crippen molar-refractivity contribution in [3.05, 3.63) is 80.8 Å². The lowest BCUT2D eigenvalue weighted by Crippen LogP contribution is -2.10. The lowest BCUT2D eigenvalue weighted by atomic mass is 10.2. The zero-order chi connectivity index (χ0) is 17.8. The summed E-state index contributed by atoms with van der Waals surface area (Å²) in [5.74, 6) is 0.0731. The van der Waals surface area contributed by atoms with Crippen LogP contribution in [-0.2, 0) is 6.61 Å². The fourth-order valence-electron chi connectivity index (χ4n) is 2.13. The van der Waals surface area contributed by atoms with Gasteiger partial charge in [0.1, 0.15) is 18.2 Å². The largest absolute Gasteiger partial charge is 0.489 e. The highest BCUT2D eigenvalue weighted by atomic mass is 35.5. The molecule has 0 aliphatic carbocycles. The average Bonchev–Trinajstić information content (AvgIpc) is 3.07. The molecule has 0 bridgehead atoms. The number of amides is 1. The summed E-state index contributed by atoms with van der Waals surface area (Å²) >= 11 is 7.40. The predicted molar refractivity (Wildman–Crippen MR) is 99.2 cm³/mol. The van der Waals surface area contributed by atoms with E-state index in [1.54, 1.807) is 24.3 Å². The van der Waals surface area contributed by atoms with Crippen molar-refractivity contribution in [3.63, 3.8) is 0 Å². The minimum atomic E-state index is -0.307. The van der Waals surface area contributed by atoms with Gasteiger partial charge in [-0.05, 0) is 60.3 Å². The SMILES string of the molecule is Cc1ccc(NC(=O)c2cc(COc3ccc(F)cc3)cs2)cc1Cl. The summed E-state index contributed by atoms with van der Waals surface area (Å²) < 4.78 is 18.4. The maximum Gasteiger partial charge on any atom is 0.265 e. The molecule has 1 N–H and O–H groups in total. The van der Waals surface area contributed by atoms with E-state index in [1.807, 2.05) is 24.4 Å². The summed E-state index contributed by atoms with van der Waals surface area (Å²) in [4.78, 5) is 12.9. The Kier molecular flexibility index (Phi) is 5.36. The monoisotopic (exact) mass is 375 g/mol. The Bertz CT molecular complexity index is 893. The summed E-state index contributed by atoms with van der Waals surface area (Å²) in [6.07, 6.45) is 0. The molecule has 0 saturated heterocycles. The number of aryl methyl sites for hydroxylation is 1. The summed E-state index contributed by atoms with van der Waals surface area (Å²) in [6.45, 7) is 2.21. The van der Waals surface area contributed by atoms with E-state index < -0.39 is 0 Å². The van der Waals surface area contributed by atoms with Crippen LogP contribution in [0.4, 0.5) is 10.1 Å². The number of ether oxygens (including phenoxy) is 1. The number of rotatable bonds is 5. The maximum absolute atomic E-state index is 12.9. The van der Waals surface area contributed by atoms with Gasteiger partial charge in [-0.25, -0.2) is 4.39 Å². The van der Waals surface area contributed by atoms with Crippen molar-refractivity contribution in [3.8, 4) is 5.75 Å². The first-order valence-corrected chi connectivity index (χ1v) is 8.80. The van der Waals surface area contributed by atoms with Crippen LogP contribution < -0.4 is 10.1 Å². The Morgan fingerprint density at radius 3 is 2.68 bits per heavy atom. The topological polar surface area (TPSA) is 38.3 Å². The standard InChI is InChI=1S/C19H15ClFNO2S/c1-12-2-5-15(9-17(12)20)22-19(23)18-8-13(11-25-18)10-24-16-6-3-14(21)4-7-16/h2-9,11H,10H2,1H3,(H,22,23). The van der Waals surface area contributed by atoms with Crippen molar-refractivity contribution in [2.45, 2.75) is 13.5 Å². The van der Waals surface area contributed by atoms with Crippen LogP contribution in [0.25, 0.3) is 0 Å². The van der Waals surface area contributed by atoms with Crippen molar-refractivity contribution in [2.24, 2.45) is 0 Å². The molecule has 0 aliphatic rings. The van der Waals surface area contributed by atoms with E-state index in [0.717, 1.165) is 11.1 Å². The first-order valence-electron chi connectivity index (χ1n) is 7.54. The number of nitrogens with one attached hydrogen (secondary N) is 1. The second kappa shape index (κ2) is 7.68. The number of thiophene rings is 1. The molecular weight excluding hydrogens is 361 g/mol. The second-order valence-corrected chi connectivity index (χ2v) is 6.80. The van der Waals surface area contributed by atoms with Crippen molar-refractivity contribution < 1.29 is 13.9 Å². The number of hydrogen-bond donors (Lipinski definition) is 1. The van der Waals surface area contributed by atoms with E-state index in [9.17, 15) is 9.18 Å². The normalized spacial score (nSPS) is 10.5. The molecule has 6 heteroatoms. The highest BCUT2D eigenvalue weighted by Crippen LogP contribution is 2.22. The van der Waals surface area contributed by atoms with Crippen molar-refractivity contribution in [2.75, 3.05) is 5.32 Å². The quantitative estimate of drug-likeness (QED) is 0.623. The minimum absolute atomic E-state index is 0.196. The third kappa shape index (κ3) is 4.59. The number of halogens is 2. The van der Waals surface area contributed by atoms with Gasteiger partial charge < -0.3 is 10.1 Å². The van der Waals surface area contributed by atoms with Gasteiger partial charge in [0.15, 0.2) is 0 Å². The Morgan fingerprint density at radius 2 is 1.96 bits per heavy atom. The zero-order valence-corrected chi connectivity index (χ0v) is 15.0. The molecule has 3 aromatic rings. The van der Waals surface area contributed by atoms with Gasteiger partial charge >= 0.3 is 0 Å². The molecule has 0 saturated carbocycles. The molecule has 0 aliphatic heterocycles. The van der Waals surface area contributed by atoms with Gasteiger partial charge in [0.2, 0.25) is 0 Å². The number of carbonyl (C=O) groups excluding carboxylic acids is 1. The molecule has 1 aromatic heterocycles. The molecular formula is C19H15ClFNO2S. The summed E-state index contributed by atoms with van der Waals surface area (Å²) in [5.41, 5.74) is 2.48. The second-order valence-electron chi connectivity index (χ2n) is 5.48. The Labute approximate surface area is 154 Å². The molecule has 1 heterocycles. The molecule has 2 aromatic carbocycles. The van der Waals surface area contributed by atoms with E-state index in [2.05, 4.69) is 5.32 Å². The van der Waals surface area contributed by atoms with Gasteiger partial charge in [-0.2, -0.15) is 0 Å². The fourth-order valence-corrected chi connectivity index (χ4v) is 3.10. The van der Waals surface area contributed by atoms with E-state index in [0.29, 0.717) is 27.9 Å². The number of carbonyl (C=O) groups is 1. The molecule has 128 valence electrons. The number of benzene rings is 2. The molecule has 0 spiro atoms. The van der Waals surface area contributed by atoms with Crippen molar-refractivity contribution in [1.82, 2.24) is 0 Å². The maximum atomic E-state index is 12.9. The highest BCUT2D eigenvalue weighted by Gasteiger charge is 2.10. The van der Waals surface area contributed by atoms with Crippen molar-refractivity contribution in [1.29, 1.82) is 0 Å². The van der Waals surface area contributed by atoms with Crippen LogP contribution in [0.2, 0.25) is 5.02 Å². The number of hydrogen-bond acceptors (Lipinski definition) is 3. The lowest BCUT2D eigenvalue weighted by Gasteiger charge is -2.05. The van der Waals surface area contributed by atoms with Crippen LogP contribution in [0.5, 0.6) is 5.75 Å². The Balaban J connectivity index is 1.61. The first kappa shape index (κ1) is 17.5. The molecule has 0 atom stereocenters. The van der Waals surface area contributed by atoms with Crippen LogP contribution in [0, 0.1) is 12.7 Å². The molecule has 0 fully saturated rings. The molecule has 0 unspecified atom stereocenters. The van der Waals surface area contributed by atoms with Gasteiger partial charge in [0.25, 0.3) is 5.91 Å². The first-order chi connectivity index (χ1) is 12.0. The zero-order valence-electron chi connectivity index (χ0n) is 13.4.